The topological polar surface area (TPSA) is 57.1 Å². The van der Waals surface area contributed by atoms with Crippen LogP contribution in [-0.4, -0.2) is 9.31 Å². The van der Waals surface area contributed by atoms with E-state index >= 15 is 0 Å². The third-order valence-electron chi connectivity index (χ3n) is 1.92. The Bertz CT molecular complexity index is 608. The first-order chi connectivity index (χ1) is 7.09. The molecule has 6 heteroatoms. The normalized spacial score (nSPS) is 10.5. The Hall–Kier alpha value is -1.75. The number of aromatic nitrogens is 2. The summed E-state index contributed by atoms with van der Waals surface area (Å²) in [6.45, 7) is 0. The quantitative estimate of drug-likeness (QED) is 0.722. The molecule has 0 N–H and O–H groups in total. The fourth-order valence-electron chi connectivity index (χ4n) is 1.25. The van der Waals surface area contributed by atoms with E-state index in [1.54, 1.807) is 18.2 Å². The van der Waals surface area contributed by atoms with Crippen LogP contribution in [0, 0.1) is 0 Å². The fraction of sp³-hybridized carbons (Fsp3) is 0.111. The first-order valence-electron chi connectivity index (χ1n) is 4.15. The molecule has 0 aliphatic heterocycles. The summed E-state index contributed by atoms with van der Waals surface area (Å²) in [5, 5.41) is 0.447. The molecule has 0 saturated heterocycles. The van der Waals surface area contributed by atoms with Gasteiger partial charge in [-0.2, -0.15) is 9.31 Å². The molecular weight excluding hydrogens is 220 g/mol. The lowest BCUT2D eigenvalue weighted by Crippen LogP contribution is -2.26. The fourth-order valence-corrected chi connectivity index (χ4v) is 1.43. The van der Waals surface area contributed by atoms with Gasteiger partial charge >= 0.3 is 11.4 Å². The first kappa shape index (κ1) is 9.79. The van der Waals surface area contributed by atoms with E-state index in [9.17, 15) is 9.59 Å². The maximum atomic E-state index is 11.5. The van der Waals surface area contributed by atoms with Crippen LogP contribution in [0.25, 0.3) is 5.69 Å². The van der Waals surface area contributed by atoms with Crippen molar-refractivity contribution >= 4 is 11.6 Å². The number of hydrogen-bond acceptors (Lipinski definition) is 3. The predicted molar refractivity (Wildman–Crippen MR) is 54.6 cm³/mol. The summed E-state index contributed by atoms with van der Waals surface area (Å²) in [6, 6.07) is 6.42. The molecule has 0 unspecified atom stereocenters. The van der Waals surface area contributed by atoms with Gasteiger partial charge in [-0.25, -0.2) is 9.59 Å². The average molecular weight is 227 g/mol. The third-order valence-corrected chi connectivity index (χ3v) is 2.16. The van der Waals surface area contributed by atoms with Crippen molar-refractivity contribution in [2.75, 3.05) is 0 Å². The second-order valence-corrected chi connectivity index (χ2v) is 3.39. The van der Waals surface area contributed by atoms with Gasteiger partial charge in [-0.3, -0.25) is 0 Å². The molecule has 1 aromatic heterocycles. The van der Waals surface area contributed by atoms with Crippen molar-refractivity contribution in [1.29, 1.82) is 0 Å². The third kappa shape index (κ3) is 1.61. The number of aryl methyl sites for hydroxylation is 1. The Balaban J connectivity index is 2.75. The van der Waals surface area contributed by atoms with E-state index in [2.05, 4.69) is 4.52 Å². The van der Waals surface area contributed by atoms with Crippen molar-refractivity contribution in [3.8, 4) is 5.69 Å². The highest BCUT2D eigenvalue weighted by Crippen LogP contribution is 2.11. The standard InChI is InChI=1S/C9H7ClN2O3/c1-11-8(13)12(9(14)15-11)7-4-2-3-6(10)5-7/h2-5H,1H3. The van der Waals surface area contributed by atoms with Crippen molar-refractivity contribution in [3.63, 3.8) is 0 Å². The molecule has 0 saturated carbocycles. The van der Waals surface area contributed by atoms with Crippen molar-refractivity contribution in [1.82, 2.24) is 9.31 Å². The average Bonchev–Trinajstić information content (AvgIpc) is 2.41. The smallest absolute Gasteiger partial charge is 0.317 e. The van der Waals surface area contributed by atoms with Gasteiger partial charge < -0.3 is 4.52 Å². The second-order valence-electron chi connectivity index (χ2n) is 2.95. The Kier molecular flexibility index (Phi) is 2.24. The molecule has 1 heterocycles. The van der Waals surface area contributed by atoms with Crippen molar-refractivity contribution in [2.24, 2.45) is 7.05 Å². The van der Waals surface area contributed by atoms with E-state index in [4.69, 9.17) is 11.6 Å². The molecule has 1 aromatic carbocycles. The molecule has 2 aromatic rings. The highest BCUT2D eigenvalue weighted by molar-refractivity contribution is 6.30. The van der Waals surface area contributed by atoms with Crippen LogP contribution in [0.15, 0.2) is 38.4 Å². The molecule has 15 heavy (non-hydrogen) atoms. The molecule has 0 atom stereocenters. The number of rotatable bonds is 1. The van der Waals surface area contributed by atoms with Gasteiger partial charge in [0.2, 0.25) is 0 Å². The molecular formula is C9H7ClN2O3. The minimum Gasteiger partial charge on any atom is -0.317 e. The highest BCUT2D eigenvalue weighted by atomic mass is 35.5. The second kappa shape index (κ2) is 3.43. The van der Waals surface area contributed by atoms with Crippen molar-refractivity contribution in [3.05, 3.63) is 50.3 Å². The van der Waals surface area contributed by atoms with E-state index in [0.29, 0.717) is 10.7 Å². The van der Waals surface area contributed by atoms with Crippen LogP contribution >= 0.6 is 11.6 Å². The summed E-state index contributed by atoms with van der Waals surface area (Å²) < 4.78 is 6.38. The predicted octanol–water partition coefficient (Wildman–Crippen LogP) is 0.783. The number of hydrogen-bond donors (Lipinski definition) is 0. The molecule has 0 aliphatic carbocycles. The first-order valence-corrected chi connectivity index (χ1v) is 4.52. The molecule has 0 spiro atoms. The zero-order valence-electron chi connectivity index (χ0n) is 7.81. The van der Waals surface area contributed by atoms with Gasteiger partial charge in [0, 0.05) is 5.02 Å². The molecule has 0 bridgehead atoms. The number of nitrogens with zero attached hydrogens (tertiary/aromatic N) is 2. The van der Waals surface area contributed by atoms with Crippen LogP contribution in [0.3, 0.4) is 0 Å². The van der Waals surface area contributed by atoms with Gasteiger partial charge in [0.15, 0.2) is 0 Å². The Morgan fingerprint density at radius 3 is 2.60 bits per heavy atom. The van der Waals surface area contributed by atoms with Gasteiger partial charge in [-0.15, -0.1) is 0 Å². The summed E-state index contributed by atoms with van der Waals surface area (Å²) in [6.07, 6.45) is 0. The number of halogens is 1. The molecule has 5 nitrogen and oxygen atoms in total. The Labute approximate surface area is 89.1 Å². The van der Waals surface area contributed by atoms with E-state index in [0.717, 1.165) is 9.31 Å². The Morgan fingerprint density at radius 2 is 2.07 bits per heavy atom. The Morgan fingerprint density at radius 1 is 1.33 bits per heavy atom. The van der Waals surface area contributed by atoms with E-state index in [1.165, 1.54) is 13.1 Å². The van der Waals surface area contributed by atoms with E-state index in [-0.39, 0.29) is 0 Å². The van der Waals surface area contributed by atoms with Crippen LogP contribution in [0.4, 0.5) is 0 Å². The van der Waals surface area contributed by atoms with Gasteiger partial charge in [0.05, 0.1) is 12.7 Å². The van der Waals surface area contributed by atoms with Crippen LogP contribution in [0.1, 0.15) is 0 Å². The van der Waals surface area contributed by atoms with Crippen LogP contribution in [0.5, 0.6) is 0 Å². The lowest BCUT2D eigenvalue weighted by atomic mass is 10.3. The summed E-state index contributed by atoms with van der Waals surface area (Å²) in [5.74, 6) is -0.732. The minimum atomic E-state index is -0.732. The van der Waals surface area contributed by atoms with E-state index in [1.807, 2.05) is 0 Å². The summed E-state index contributed by atoms with van der Waals surface area (Å²) >= 11 is 5.75. The van der Waals surface area contributed by atoms with Crippen molar-refractivity contribution < 1.29 is 4.52 Å². The maximum Gasteiger partial charge on any atom is 0.447 e. The largest absolute Gasteiger partial charge is 0.447 e. The zero-order chi connectivity index (χ0) is 11.0. The summed E-state index contributed by atoms with van der Waals surface area (Å²) in [5.41, 5.74) is -0.149. The molecule has 0 amide bonds. The lowest BCUT2D eigenvalue weighted by molar-refractivity contribution is 0.276. The van der Waals surface area contributed by atoms with Gasteiger partial charge in [-0.05, 0) is 18.2 Å². The van der Waals surface area contributed by atoms with Gasteiger partial charge in [0.1, 0.15) is 0 Å². The lowest BCUT2D eigenvalue weighted by Gasteiger charge is -1.97. The van der Waals surface area contributed by atoms with Crippen molar-refractivity contribution in [2.45, 2.75) is 0 Å². The maximum absolute atomic E-state index is 11.5. The number of benzene rings is 1. The molecule has 78 valence electrons. The van der Waals surface area contributed by atoms with E-state index < -0.39 is 11.4 Å². The SMILES string of the molecule is Cn1oc(=O)n(-c2cccc(Cl)c2)c1=O. The van der Waals surface area contributed by atoms with Crippen LogP contribution in [0.2, 0.25) is 5.02 Å². The minimum absolute atomic E-state index is 0.391. The van der Waals surface area contributed by atoms with Crippen LogP contribution < -0.4 is 11.4 Å². The molecule has 2 rings (SSSR count). The molecule has 0 radical (unpaired) electrons. The summed E-state index contributed by atoms with van der Waals surface area (Å²) in [4.78, 5) is 22.8. The molecule has 0 aliphatic rings. The zero-order valence-corrected chi connectivity index (χ0v) is 8.56. The summed E-state index contributed by atoms with van der Waals surface area (Å²) in [7, 11) is 1.37. The molecule has 0 fully saturated rings. The van der Waals surface area contributed by atoms with Gasteiger partial charge in [-0.1, -0.05) is 17.7 Å². The van der Waals surface area contributed by atoms with Gasteiger partial charge in [0.25, 0.3) is 0 Å². The van der Waals surface area contributed by atoms with Crippen LogP contribution in [-0.2, 0) is 7.05 Å². The monoisotopic (exact) mass is 226 g/mol. The highest BCUT2D eigenvalue weighted by Gasteiger charge is 2.10.